The van der Waals surface area contributed by atoms with E-state index in [-0.39, 0.29) is 5.56 Å². The number of benzene rings is 2. The van der Waals surface area contributed by atoms with Crippen LogP contribution in [0.25, 0.3) is 33.7 Å². The van der Waals surface area contributed by atoms with Crippen LogP contribution in [0.15, 0.2) is 69.9 Å². The Morgan fingerprint density at radius 2 is 1.91 bits per heavy atom. The zero-order chi connectivity index (χ0) is 23.5. The summed E-state index contributed by atoms with van der Waals surface area (Å²) in [4.78, 5) is 18.0. The molecule has 172 valence electrons. The Morgan fingerprint density at radius 1 is 1.09 bits per heavy atom. The van der Waals surface area contributed by atoms with Crippen molar-refractivity contribution in [2.75, 3.05) is 6.61 Å². The van der Waals surface area contributed by atoms with E-state index in [1.54, 1.807) is 6.08 Å². The fraction of sp³-hybridized carbons (Fsp3) is 0.192. The Hall–Kier alpha value is -3.42. The van der Waals surface area contributed by atoms with Crippen LogP contribution in [-0.4, -0.2) is 21.2 Å². The van der Waals surface area contributed by atoms with E-state index < -0.39 is 0 Å². The van der Waals surface area contributed by atoms with Gasteiger partial charge in [0, 0.05) is 17.2 Å². The van der Waals surface area contributed by atoms with Gasteiger partial charge in [0.15, 0.2) is 5.82 Å². The number of nitrogens with zero attached hydrogens (tertiary/aromatic N) is 3. The molecule has 3 aromatic heterocycles. The molecule has 0 saturated carbocycles. The second kappa shape index (κ2) is 9.83. The van der Waals surface area contributed by atoms with Gasteiger partial charge in [0.05, 0.1) is 11.6 Å². The Labute approximate surface area is 205 Å². The summed E-state index contributed by atoms with van der Waals surface area (Å²) in [5.41, 5.74) is 1.40. The molecule has 0 unspecified atom stereocenters. The first-order chi connectivity index (χ1) is 16.6. The fourth-order valence-electron chi connectivity index (χ4n) is 3.56. The number of hydrogen-bond donors (Lipinski definition) is 0. The molecule has 5 rings (SSSR count). The number of furan rings is 1. The van der Waals surface area contributed by atoms with Gasteiger partial charge in [-0.05, 0) is 55.0 Å². The Balaban J connectivity index is 1.37. The summed E-state index contributed by atoms with van der Waals surface area (Å²) in [7, 11) is 0. The van der Waals surface area contributed by atoms with E-state index >= 15 is 0 Å². The van der Waals surface area contributed by atoms with Gasteiger partial charge < -0.3 is 9.15 Å². The molecule has 5 aromatic rings. The van der Waals surface area contributed by atoms with Crippen LogP contribution in [0.3, 0.4) is 0 Å². The van der Waals surface area contributed by atoms with E-state index in [0.29, 0.717) is 38.5 Å². The zero-order valence-electron chi connectivity index (χ0n) is 18.5. The Morgan fingerprint density at radius 3 is 2.68 bits per heavy atom. The van der Waals surface area contributed by atoms with Crippen LogP contribution in [0.2, 0.25) is 5.02 Å². The highest BCUT2D eigenvalue weighted by molar-refractivity contribution is 7.15. The fourth-order valence-corrected chi connectivity index (χ4v) is 4.68. The maximum Gasteiger partial charge on any atom is 0.291 e. The molecule has 0 aliphatic heterocycles. The molecule has 0 aliphatic carbocycles. The lowest BCUT2D eigenvalue weighted by atomic mass is 10.2. The highest BCUT2D eigenvalue weighted by atomic mass is 35.5. The van der Waals surface area contributed by atoms with Crippen LogP contribution in [0.4, 0.5) is 0 Å². The van der Waals surface area contributed by atoms with Gasteiger partial charge in [-0.15, -0.1) is 5.10 Å². The zero-order valence-corrected chi connectivity index (χ0v) is 20.1. The molecule has 3 heterocycles. The van der Waals surface area contributed by atoms with Gasteiger partial charge in [0.2, 0.25) is 4.96 Å². The van der Waals surface area contributed by atoms with Crippen LogP contribution in [0, 0.1) is 0 Å². The summed E-state index contributed by atoms with van der Waals surface area (Å²) in [6, 6.07) is 18.7. The van der Waals surface area contributed by atoms with Gasteiger partial charge in [0.1, 0.15) is 21.8 Å². The SMILES string of the molecule is CCCCCOc1ccc(-c2nc3s/c(=C/c4ccc(-c5ccccc5Cl)o4)c(=O)n3n2)cc1. The first-order valence-electron chi connectivity index (χ1n) is 11.1. The van der Waals surface area contributed by atoms with Crippen LogP contribution in [0.5, 0.6) is 5.75 Å². The molecule has 0 radical (unpaired) electrons. The van der Waals surface area contributed by atoms with Crippen molar-refractivity contribution in [3.8, 4) is 28.5 Å². The first kappa shape index (κ1) is 22.4. The summed E-state index contributed by atoms with van der Waals surface area (Å²) in [5.74, 6) is 2.53. The number of ether oxygens (including phenoxy) is 1. The Kier molecular flexibility index (Phi) is 6.47. The van der Waals surface area contributed by atoms with E-state index in [1.807, 2.05) is 60.7 Å². The molecular weight excluding hydrogens is 470 g/mol. The molecule has 34 heavy (non-hydrogen) atoms. The molecular formula is C26H22ClN3O3S. The molecule has 0 spiro atoms. The average molecular weight is 492 g/mol. The summed E-state index contributed by atoms with van der Waals surface area (Å²) < 4.78 is 13.5. The topological polar surface area (TPSA) is 69.6 Å². The standard InChI is InChI=1S/C26H22ClN3O3S/c1-2-3-6-15-32-18-11-9-17(10-12-18)24-28-26-30(29-24)25(31)23(34-26)16-19-13-14-22(33-19)20-7-4-5-8-21(20)27/h4-5,7-14,16H,2-3,6,15H2,1H3/b23-16+. The maximum atomic E-state index is 12.9. The highest BCUT2D eigenvalue weighted by Crippen LogP contribution is 2.29. The molecule has 0 fully saturated rings. The number of hydrogen-bond acceptors (Lipinski definition) is 6. The number of unbranched alkanes of at least 4 members (excludes halogenated alkanes) is 2. The minimum Gasteiger partial charge on any atom is -0.494 e. The van der Waals surface area contributed by atoms with Crippen LogP contribution in [-0.2, 0) is 0 Å². The number of fused-ring (bicyclic) bond motifs is 1. The second-order valence-electron chi connectivity index (χ2n) is 7.81. The van der Waals surface area contributed by atoms with Crippen molar-refractivity contribution in [3.63, 3.8) is 0 Å². The van der Waals surface area contributed by atoms with Crippen molar-refractivity contribution in [2.24, 2.45) is 0 Å². The quantitative estimate of drug-likeness (QED) is 0.255. The van der Waals surface area contributed by atoms with Gasteiger partial charge in [0.25, 0.3) is 5.56 Å². The molecule has 0 bridgehead atoms. The predicted molar refractivity (Wildman–Crippen MR) is 136 cm³/mol. The summed E-state index contributed by atoms with van der Waals surface area (Å²) in [6.07, 6.45) is 5.07. The monoisotopic (exact) mass is 491 g/mol. The number of halogens is 1. The van der Waals surface area contributed by atoms with Gasteiger partial charge in [-0.25, -0.2) is 0 Å². The smallest absolute Gasteiger partial charge is 0.291 e. The molecule has 0 N–H and O–H groups in total. The van der Waals surface area contributed by atoms with Crippen molar-refractivity contribution in [1.82, 2.24) is 14.6 Å². The largest absolute Gasteiger partial charge is 0.494 e. The molecule has 0 amide bonds. The van der Waals surface area contributed by atoms with Crippen molar-refractivity contribution in [1.29, 1.82) is 0 Å². The number of rotatable bonds is 8. The van der Waals surface area contributed by atoms with Crippen molar-refractivity contribution in [2.45, 2.75) is 26.2 Å². The summed E-state index contributed by atoms with van der Waals surface area (Å²) >= 11 is 7.53. The first-order valence-corrected chi connectivity index (χ1v) is 12.3. The van der Waals surface area contributed by atoms with E-state index in [9.17, 15) is 4.79 Å². The summed E-state index contributed by atoms with van der Waals surface area (Å²) in [5, 5.41) is 5.03. The second-order valence-corrected chi connectivity index (χ2v) is 9.22. The van der Waals surface area contributed by atoms with Gasteiger partial charge >= 0.3 is 0 Å². The van der Waals surface area contributed by atoms with E-state index in [4.69, 9.17) is 20.8 Å². The van der Waals surface area contributed by atoms with Gasteiger partial charge in [-0.1, -0.05) is 54.8 Å². The number of aromatic nitrogens is 3. The van der Waals surface area contributed by atoms with Gasteiger partial charge in [-0.2, -0.15) is 9.50 Å². The molecule has 8 heteroatoms. The number of thiazole rings is 1. The third kappa shape index (κ3) is 4.62. The molecule has 2 aromatic carbocycles. The van der Waals surface area contributed by atoms with Crippen molar-refractivity contribution in [3.05, 3.63) is 86.3 Å². The molecule has 0 saturated heterocycles. The molecule has 0 aliphatic rings. The normalized spacial score (nSPS) is 12.0. The Bertz CT molecular complexity index is 1540. The van der Waals surface area contributed by atoms with Gasteiger partial charge in [-0.3, -0.25) is 4.79 Å². The summed E-state index contributed by atoms with van der Waals surface area (Å²) in [6.45, 7) is 2.88. The molecule has 0 atom stereocenters. The van der Waals surface area contributed by atoms with E-state index in [2.05, 4.69) is 17.0 Å². The minimum atomic E-state index is -0.231. The lowest BCUT2D eigenvalue weighted by Crippen LogP contribution is -2.23. The van der Waals surface area contributed by atoms with Crippen LogP contribution in [0.1, 0.15) is 31.9 Å². The predicted octanol–water partition coefficient (Wildman–Crippen LogP) is 5.85. The lowest BCUT2D eigenvalue weighted by Gasteiger charge is -2.05. The third-order valence-corrected chi connectivity index (χ3v) is 6.64. The molecule has 6 nitrogen and oxygen atoms in total. The lowest BCUT2D eigenvalue weighted by molar-refractivity contribution is 0.306. The van der Waals surface area contributed by atoms with Crippen molar-refractivity contribution >= 4 is 34.0 Å². The maximum absolute atomic E-state index is 12.9. The van der Waals surface area contributed by atoms with E-state index in [0.717, 1.165) is 36.1 Å². The highest BCUT2D eigenvalue weighted by Gasteiger charge is 2.13. The van der Waals surface area contributed by atoms with Crippen LogP contribution < -0.4 is 14.8 Å². The average Bonchev–Trinajstić information content (AvgIpc) is 3.55. The van der Waals surface area contributed by atoms with E-state index in [1.165, 1.54) is 15.9 Å². The minimum absolute atomic E-state index is 0.231. The van der Waals surface area contributed by atoms with Crippen LogP contribution >= 0.6 is 22.9 Å². The van der Waals surface area contributed by atoms with Crippen molar-refractivity contribution < 1.29 is 9.15 Å². The third-order valence-electron chi connectivity index (χ3n) is 5.35.